The van der Waals surface area contributed by atoms with Crippen molar-refractivity contribution in [3.05, 3.63) is 58.1 Å². The Morgan fingerprint density at radius 3 is 2.73 bits per heavy atom. The Hall–Kier alpha value is -2.53. The van der Waals surface area contributed by atoms with Gasteiger partial charge in [-0.25, -0.2) is 0 Å². The lowest BCUT2D eigenvalue weighted by Gasteiger charge is -2.13. The van der Waals surface area contributed by atoms with Gasteiger partial charge in [0.2, 0.25) is 5.91 Å². The van der Waals surface area contributed by atoms with Crippen molar-refractivity contribution in [2.75, 3.05) is 11.1 Å². The minimum Gasteiger partial charge on any atom is -0.325 e. The fourth-order valence-electron chi connectivity index (χ4n) is 2.79. The number of thioether (sulfide) groups is 1. The lowest BCUT2D eigenvalue weighted by molar-refractivity contribution is -0.113. The molecule has 0 atom stereocenters. The monoisotopic (exact) mass is 459 g/mol. The molecule has 3 aromatic rings. The van der Waals surface area contributed by atoms with Crippen LogP contribution in [0.2, 0.25) is 10.0 Å². The first-order chi connectivity index (χ1) is 14.4. The number of nitrogens with zero attached hydrogens (tertiary/aromatic N) is 4. The summed E-state index contributed by atoms with van der Waals surface area (Å²) in [7, 11) is 0. The topological polar surface area (TPSA) is 83.6 Å². The molecular formula is C21H19Cl2N5OS. The second kappa shape index (κ2) is 9.98. The van der Waals surface area contributed by atoms with Gasteiger partial charge in [-0.2, -0.15) is 5.26 Å². The molecule has 3 rings (SSSR count). The van der Waals surface area contributed by atoms with E-state index in [4.69, 9.17) is 28.5 Å². The third kappa shape index (κ3) is 5.54. The van der Waals surface area contributed by atoms with Crippen LogP contribution >= 0.6 is 35.0 Å². The van der Waals surface area contributed by atoms with E-state index in [1.807, 2.05) is 10.6 Å². The number of hydrogen-bond acceptors (Lipinski definition) is 5. The molecule has 0 saturated heterocycles. The highest BCUT2D eigenvalue weighted by Crippen LogP contribution is 2.32. The molecule has 0 fully saturated rings. The smallest absolute Gasteiger partial charge is 0.234 e. The lowest BCUT2D eigenvalue weighted by Crippen LogP contribution is -2.15. The molecule has 0 aliphatic carbocycles. The van der Waals surface area contributed by atoms with Gasteiger partial charge < -0.3 is 9.88 Å². The molecular weight excluding hydrogens is 441 g/mol. The van der Waals surface area contributed by atoms with E-state index in [0.717, 1.165) is 5.56 Å². The Balaban J connectivity index is 1.77. The van der Waals surface area contributed by atoms with Crippen molar-refractivity contribution in [3.63, 3.8) is 0 Å². The lowest BCUT2D eigenvalue weighted by atomic mass is 10.2. The second-order valence-corrected chi connectivity index (χ2v) is 8.75. The van der Waals surface area contributed by atoms with E-state index in [1.165, 1.54) is 11.8 Å². The molecule has 0 radical (unpaired) electrons. The predicted octanol–water partition coefficient (Wildman–Crippen LogP) is 5.51. The van der Waals surface area contributed by atoms with Crippen LogP contribution in [-0.2, 0) is 11.3 Å². The van der Waals surface area contributed by atoms with Gasteiger partial charge >= 0.3 is 0 Å². The fourth-order valence-corrected chi connectivity index (χ4v) is 4.03. The first-order valence-corrected chi connectivity index (χ1v) is 10.9. The third-order valence-corrected chi connectivity index (χ3v) is 5.56. The SMILES string of the molecule is CC(C)Cn1c(SCC(=O)Nc2cccc(C#N)c2)nnc1-c1ccc(Cl)cc1Cl. The standard InChI is InChI=1S/C21H19Cl2N5OS/c1-13(2)11-28-20(17-7-6-15(22)9-18(17)23)26-27-21(28)30-12-19(29)25-16-5-3-4-14(8-16)10-24/h3-9,13H,11-12H2,1-2H3,(H,25,29). The van der Waals surface area contributed by atoms with Gasteiger partial charge in [0.25, 0.3) is 0 Å². The molecule has 0 unspecified atom stereocenters. The van der Waals surface area contributed by atoms with Crippen LogP contribution in [0.4, 0.5) is 5.69 Å². The Labute approximate surface area is 189 Å². The molecule has 0 spiro atoms. The van der Waals surface area contributed by atoms with Gasteiger partial charge in [-0.1, -0.05) is 54.9 Å². The number of rotatable bonds is 7. The average molecular weight is 460 g/mol. The Bertz CT molecular complexity index is 1110. The molecule has 1 N–H and O–H groups in total. The summed E-state index contributed by atoms with van der Waals surface area (Å²) >= 11 is 13.7. The van der Waals surface area contributed by atoms with Gasteiger partial charge in [0.05, 0.1) is 22.4 Å². The van der Waals surface area contributed by atoms with Crippen molar-refractivity contribution in [1.82, 2.24) is 14.8 Å². The maximum Gasteiger partial charge on any atom is 0.234 e. The maximum atomic E-state index is 12.4. The first kappa shape index (κ1) is 22.2. The summed E-state index contributed by atoms with van der Waals surface area (Å²) in [6.07, 6.45) is 0. The van der Waals surface area contributed by atoms with Gasteiger partial charge in [-0.05, 0) is 42.3 Å². The Morgan fingerprint density at radius 1 is 1.23 bits per heavy atom. The number of carbonyl (C=O) groups is 1. The second-order valence-electron chi connectivity index (χ2n) is 6.96. The van der Waals surface area contributed by atoms with Crippen molar-refractivity contribution < 1.29 is 4.79 Å². The normalized spacial score (nSPS) is 10.8. The van der Waals surface area contributed by atoms with Crippen LogP contribution in [0.15, 0.2) is 47.6 Å². The summed E-state index contributed by atoms with van der Waals surface area (Å²) in [6.45, 7) is 4.86. The minimum atomic E-state index is -0.194. The molecule has 6 nitrogen and oxygen atoms in total. The molecule has 1 amide bonds. The maximum absolute atomic E-state index is 12.4. The summed E-state index contributed by atoms with van der Waals surface area (Å²) in [5.41, 5.74) is 1.80. The Morgan fingerprint density at radius 2 is 2.03 bits per heavy atom. The van der Waals surface area contributed by atoms with Gasteiger partial charge in [-0.15, -0.1) is 10.2 Å². The number of anilines is 1. The quantitative estimate of drug-likeness (QED) is 0.470. The number of amides is 1. The zero-order valence-corrected chi connectivity index (χ0v) is 18.7. The van der Waals surface area contributed by atoms with Crippen molar-refractivity contribution in [3.8, 4) is 17.5 Å². The van der Waals surface area contributed by atoms with E-state index in [-0.39, 0.29) is 11.7 Å². The predicted molar refractivity (Wildman–Crippen MR) is 121 cm³/mol. The molecule has 1 heterocycles. The van der Waals surface area contributed by atoms with E-state index in [9.17, 15) is 4.79 Å². The van der Waals surface area contributed by atoms with Crippen molar-refractivity contribution >= 4 is 46.6 Å². The van der Waals surface area contributed by atoms with Crippen LogP contribution in [0.25, 0.3) is 11.4 Å². The molecule has 0 aliphatic heterocycles. The third-order valence-electron chi connectivity index (χ3n) is 4.04. The Kier molecular flexibility index (Phi) is 7.38. The van der Waals surface area contributed by atoms with E-state index in [0.29, 0.717) is 44.7 Å². The summed E-state index contributed by atoms with van der Waals surface area (Å²) in [6, 6.07) is 14.1. The van der Waals surface area contributed by atoms with Crippen molar-refractivity contribution in [1.29, 1.82) is 5.26 Å². The summed E-state index contributed by atoms with van der Waals surface area (Å²) in [5, 5.41) is 22.0. The molecule has 0 saturated carbocycles. The van der Waals surface area contributed by atoms with Gasteiger partial charge in [0, 0.05) is 22.8 Å². The van der Waals surface area contributed by atoms with Gasteiger partial charge in [0.1, 0.15) is 0 Å². The van der Waals surface area contributed by atoms with Crippen molar-refractivity contribution in [2.45, 2.75) is 25.5 Å². The fraction of sp³-hybridized carbons (Fsp3) is 0.238. The average Bonchev–Trinajstić information content (AvgIpc) is 3.08. The summed E-state index contributed by atoms with van der Waals surface area (Å²) in [5.74, 6) is 0.935. The van der Waals surface area contributed by atoms with Crippen LogP contribution < -0.4 is 5.32 Å². The number of nitrogens with one attached hydrogen (secondary N) is 1. The van der Waals surface area contributed by atoms with Crippen LogP contribution in [0, 0.1) is 17.2 Å². The van der Waals surface area contributed by atoms with E-state index in [1.54, 1.807) is 36.4 Å². The van der Waals surface area contributed by atoms with E-state index in [2.05, 4.69) is 35.4 Å². The van der Waals surface area contributed by atoms with Crippen LogP contribution in [-0.4, -0.2) is 26.4 Å². The number of hydrogen-bond donors (Lipinski definition) is 1. The molecule has 0 aliphatic rings. The van der Waals surface area contributed by atoms with E-state index >= 15 is 0 Å². The van der Waals surface area contributed by atoms with Crippen LogP contribution in [0.1, 0.15) is 19.4 Å². The first-order valence-electron chi connectivity index (χ1n) is 9.19. The van der Waals surface area contributed by atoms with Crippen LogP contribution in [0.3, 0.4) is 0 Å². The van der Waals surface area contributed by atoms with Crippen LogP contribution in [0.5, 0.6) is 0 Å². The summed E-state index contributed by atoms with van der Waals surface area (Å²) in [4.78, 5) is 12.4. The van der Waals surface area contributed by atoms with Gasteiger partial charge in [0.15, 0.2) is 11.0 Å². The van der Waals surface area contributed by atoms with Crippen molar-refractivity contribution in [2.24, 2.45) is 5.92 Å². The molecule has 1 aromatic heterocycles. The number of nitriles is 1. The molecule has 30 heavy (non-hydrogen) atoms. The molecule has 0 bridgehead atoms. The minimum absolute atomic E-state index is 0.154. The highest BCUT2D eigenvalue weighted by molar-refractivity contribution is 7.99. The zero-order chi connectivity index (χ0) is 21.7. The number of carbonyl (C=O) groups excluding carboxylic acids is 1. The highest BCUT2D eigenvalue weighted by atomic mass is 35.5. The molecule has 9 heteroatoms. The number of halogens is 2. The summed E-state index contributed by atoms with van der Waals surface area (Å²) < 4.78 is 1.97. The number of aromatic nitrogens is 3. The molecule has 154 valence electrons. The molecule has 2 aromatic carbocycles. The zero-order valence-electron chi connectivity index (χ0n) is 16.4. The highest BCUT2D eigenvalue weighted by Gasteiger charge is 2.18. The van der Waals surface area contributed by atoms with Gasteiger partial charge in [-0.3, -0.25) is 4.79 Å². The van der Waals surface area contributed by atoms with E-state index < -0.39 is 0 Å². The largest absolute Gasteiger partial charge is 0.325 e. The number of benzene rings is 2.